The Kier molecular flexibility index (Phi) is 5.50. The first-order chi connectivity index (χ1) is 12.3. The Bertz CT molecular complexity index is 590. The molecule has 0 bridgehead atoms. The average molecular weight is 363 g/mol. The van der Waals surface area contributed by atoms with Crippen molar-refractivity contribution in [1.29, 1.82) is 0 Å². The van der Waals surface area contributed by atoms with Crippen LogP contribution in [0, 0.1) is 5.92 Å². The zero-order chi connectivity index (χ0) is 18.7. The predicted octanol–water partition coefficient (Wildman–Crippen LogP) is 0.511. The van der Waals surface area contributed by atoms with Crippen LogP contribution in [0.3, 0.4) is 0 Å². The molecule has 3 aliphatic heterocycles. The van der Waals surface area contributed by atoms with E-state index in [-0.39, 0.29) is 24.0 Å². The Labute approximate surface area is 154 Å². The third-order valence-electron chi connectivity index (χ3n) is 4.89. The van der Waals surface area contributed by atoms with Crippen molar-refractivity contribution < 1.29 is 14.3 Å². The first-order valence-corrected chi connectivity index (χ1v) is 9.26. The molecule has 0 aliphatic carbocycles. The lowest BCUT2D eigenvalue weighted by atomic mass is 10.00. The second-order valence-electron chi connectivity index (χ2n) is 7.97. The summed E-state index contributed by atoms with van der Waals surface area (Å²) in [4.78, 5) is 35.0. The molecule has 26 heavy (non-hydrogen) atoms. The van der Waals surface area contributed by atoms with Crippen molar-refractivity contribution in [2.75, 3.05) is 45.8 Å². The van der Waals surface area contributed by atoms with Crippen molar-refractivity contribution in [3.05, 3.63) is 12.3 Å². The molecule has 2 saturated heterocycles. The minimum atomic E-state index is -0.503. The van der Waals surface area contributed by atoms with E-state index in [4.69, 9.17) is 4.74 Å². The highest BCUT2D eigenvalue weighted by Crippen LogP contribution is 2.20. The smallest absolute Gasteiger partial charge is 0.410 e. The number of aliphatic imine (C=N–C) groups is 1. The number of carbonyl (C=O) groups is 2. The number of nitrogens with zero attached hydrogens (tertiary/aromatic N) is 4. The van der Waals surface area contributed by atoms with Crippen LogP contribution in [0.4, 0.5) is 4.79 Å². The maximum Gasteiger partial charge on any atom is 0.410 e. The quantitative estimate of drug-likeness (QED) is 0.774. The molecule has 3 heterocycles. The van der Waals surface area contributed by atoms with Crippen LogP contribution in [0.2, 0.25) is 0 Å². The van der Waals surface area contributed by atoms with E-state index in [0.717, 1.165) is 13.1 Å². The summed E-state index contributed by atoms with van der Waals surface area (Å²) < 4.78 is 5.41. The van der Waals surface area contributed by atoms with Crippen LogP contribution >= 0.6 is 0 Å². The van der Waals surface area contributed by atoms with Gasteiger partial charge in [0, 0.05) is 52.0 Å². The molecular formula is C18H29N5O3. The van der Waals surface area contributed by atoms with Gasteiger partial charge in [0.1, 0.15) is 5.60 Å². The normalized spacial score (nSPS) is 26.3. The topological polar surface area (TPSA) is 77.5 Å². The zero-order valence-electron chi connectivity index (χ0n) is 15.9. The summed E-state index contributed by atoms with van der Waals surface area (Å²) in [5, 5.41) is 3.33. The van der Waals surface area contributed by atoms with Crippen LogP contribution in [0.25, 0.3) is 0 Å². The Morgan fingerprint density at radius 1 is 1.12 bits per heavy atom. The Morgan fingerprint density at radius 3 is 2.42 bits per heavy atom. The summed E-state index contributed by atoms with van der Waals surface area (Å²) in [6, 6.07) is 0.125. The molecule has 8 nitrogen and oxygen atoms in total. The molecule has 2 fully saturated rings. The third kappa shape index (κ3) is 4.35. The third-order valence-corrected chi connectivity index (χ3v) is 4.89. The summed E-state index contributed by atoms with van der Waals surface area (Å²) in [5.74, 6) is 0.0767. The lowest BCUT2D eigenvalue weighted by Crippen LogP contribution is -2.55. The van der Waals surface area contributed by atoms with E-state index in [9.17, 15) is 9.59 Å². The molecule has 3 rings (SSSR count). The van der Waals surface area contributed by atoms with Crippen molar-refractivity contribution in [3.63, 3.8) is 0 Å². The van der Waals surface area contributed by atoms with Gasteiger partial charge in [-0.3, -0.25) is 4.79 Å². The van der Waals surface area contributed by atoms with Crippen LogP contribution in [-0.2, 0) is 9.53 Å². The molecule has 0 aromatic heterocycles. The summed E-state index contributed by atoms with van der Waals surface area (Å²) in [6.45, 7) is 9.96. The van der Waals surface area contributed by atoms with Gasteiger partial charge in [-0.1, -0.05) is 0 Å². The van der Waals surface area contributed by atoms with E-state index in [1.807, 2.05) is 38.1 Å². The maximum absolute atomic E-state index is 13.0. The van der Waals surface area contributed by atoms with Crippen LogP contribution in [0.5, 0.6) is 0 Å². The summed E-state index contributed by atoms with van der Waals surface area (Å²) in [7, 11) is 0. The monoisotopic (exact) mass is 363 g/mol. The Morgan fingerprint density at radius 2 is 1.81 bits per heavy atom. The van der Waals surface area contributed by atoms with Gasteiger partial charge in [-0.2, -0.15) is 0 Å². The van der Waals surface area contributed by atoms with Crippen LogP contribution < -0.4 is 5.32 Å². The van der Waals surface area contributed by atoms with Gasteiger partial charge in [0.25, 0.3) is 0 Å². The molecule has 2 amide bonds. The number of hydrogen-bond acceptors (Lipinski definition) is 6. The SMILES string of the molecule is CC(C)(C)OC(=O)N1CCN(C(=O)C2CNCC2N2C=NC=CC2)CC1. The largest absolute Gasteiger partial charge is 0.444 e. The van der Waals surface area contributed by atoms with Gasteiger partial charge in [-0.25, -0.2) is 9.79 Å². The van der Waals surface area contributed by atoms with Crippen LogP contribution in [-0.4, -0.2) is 90.5 Å². The van der Waals surface area contributed by atoms with Crippen molar-refractivity contribution >= 4 is 18.3 Å². The summed E-state index contributed by atoms with van der Waals surface area (Å²) in [5.41, 5.74) is -0.503. The number of carbonyl (C=O) groups excluding carboxylic acids is 2. The summed E-state index contributed by atoms with van der Waals surface area (Å²) >= 11 is 0. The molecule has 3 aliphatic rings. The Balaban J connectivity index is 1.54. The zero-order valence-corrected chi connectivity index (χ0v) is 15.9. The van der Waals surface area contributed by atoms with E-state index in [1.165, 1.54) is 0 Å². The van der Waals surface area contributed by atoms with Crippen molar-refractivity contribution in [3.8, 4) is 0 Å². The second-order valence-corrected chi connectivity index (χ2v) is 7.97. The van der Waals surface area contributed by atoms with Crippen molar-refractivity contribution in [2.24, 2.45) is 10.9 Å². The number of amides is 2. The van der Waals surface area contributed by atoms with E-state index in [1.54, 1.807) is 11.1 Å². The molecule has 0 radical (unpaired) electrons. The highest BCUT2D eigenvalue weighted by Gasteiger charge is 2.39. The second kappa shape index (κ2) is 7.65. The molecule has 0 saturated carbocycles. The average Bonchev–Trinajstić information content (AvgIpc) is 3.10. The number of ether oxygens (including phenoxy) is 1. The molecule has 0 aromatic rings. The van der Waals surface area contributed by atoms with Gasteiger partial charge in [0.2, 0.25) is 5.91 Å². The van der Waals surface area contributed by atoms with Gasteiger partial charge in [-0.15, -0.1) is 0 Å². The molecule has 8 heteroatoms. The van der Waals surface area contributed by atoms with Gasteiger partial charge >= 0.3 is 6.09 Å². The number of rotatable bonds is 2. The van der Waals surface area contributed by atoms with Gasteiger partial charge in [-0.05, 0) is 26.8 Å². The molecule has 2 unspecified atom stereocenters. The van der Waals surface area contributed by atoms with Gasteiger partial charge in [0.05, 0.1) is 18.3 Å². The molecule has 0 spiro atoms. The first kappa shape index (κ1) is 18.7. The minimum Gasteiger partial charge on any atom is -0.444 e. The highest BCUT2D eigenvalue weighted by molar-refractivity contribution is 5.81. The molecule has 0 aromatic carbocycles. The number of piperazine rings is 1. The minimum absolute atomic E-state index is 0.0824. The lowest BCUT2D eigenvalue weighted by molar-refractivity contribution is -0.137. The number of nitrogens with one attached hydrogen (secondary N) is 1. The Hall–Kier alpha value is -2.09. The van der Waals surface area contributed by atoms with Crippen molar-refractivity contribution in [1.82, 2.24) is 20.0 Å². The van der Waals surface area contributed by atoms with E-state index < -0.39 is 5.60 Å². The molecular weight excluding hydrogens is 334 g/mol. The fourth-order valence-corrected chi connectivity index (χ4v) is 3.56. The summed E-state index contributed by atoms with van der Waals surface area (Å²) in [6.07, 6.45) is 5.30. The van der Waals surface area contributed by atoms with Crippen LogP contribution in [0.15, 0.2) is 17.3 Å². The highest BCUT2D eigenvalue weighted by atomic mass is 16.6. The first-order valence-electron chi connectivity index (χ1n) is 9.26. The predicted molar refractivity (Wildman–Crippen MR) is 98.9 cm³/mol. The fraction of sp³-hybridized carbons (Fsp3) is 0.722. The number of hydrogen-bond donors (Lipinski definition) is 1. The maximum atomic E-state index is 13.0. The lowest BCUT2D eigenvalue weighted by Gasteiger charge is -2.38. The molecule has 1 N–H and O–H groups in total. The van der Waals surface area contributed by atoms with Crippen LogP contribution in [0.1, 0.15) is 20.8 Å². The molecule has 2 atom stereocenters. The standard InChI is InChI=1S/C18H29N5O3/c1-18(2,3)26-17(25)22-9-7-21(8-10-22)16(24)14-11-20-12-15(14)23-6-4-5-19-13-23/h4-5,13-15,20H,6-12H2,1-3H3. The fourth-order valence-electron chi connectivity index (χ4n) is 3.56. The van der Waals surface area contributed by atoms with Gasteiger partial charge in [0.15, 0.2) is 0 Å². The van der Waals surface area contributed by atoms with E-state index >= 15 is 0 Å². The molecule has 144 valence electrons. The van der Waals surface area contributed by atoms with E-state index in [2.05, 4.69) is 15.2 Å². The van der Waals surface area contributed by atoms with E-state index in [0.29, 0.717) is 32.7 Å². The van der Waals surface area contributed by atoms with Crippen molar-refractivity contribution in [2.45, 2.75) is 32.4 Å². The van der Waals surface area contributed by atoms with Gasteiger partial charge < -0.3 is 24.8 Å².